The number of aryl methyl sites for hydroxylation is 4. The van der Waals surface area contributed by atoms with Gasteiger partial charge in [0.1, 0.15) is 0 Å². The van der Waals surface area contributed by atoms with Crippen LogP contribution in [0.5, 0.6) is 0 Å². The highest BCUT2D eigenvalue weighted by molar-refractivity contribution is 5.26. The van der Waals surface area contributed by atoms with E-state index in [0.29, 0.717) is 0 Å². The molecular weight excluding hydrogens is 252 g/mol. The number of hydrogen-bond donors (Lipinski definition) is 0. The van der Waals surface area contributed by atoms with Crippen LogP contribution < -0.4 is 0 Å². The minimum absolute atomic E-state index is 1.24. The van der Waals surface area contributed by atoms with Gasteiger partial charge in [0.15, 0.2) is 0 Å². The van der Waals surface area contributed by atoms with Crippen molar-refractivity contribution in [1.82, 2.24) is 0 Å². The van der Waals surface area contributed by atoms with Gasteiger partial charge in [-0.05, 0) is 61.8 Å². The van der Waals surface area contributed by atoms with Crippen molar-refractivity contribution in [3.05, 3.63) is 70.8 Å². The molecule has 2 aromatic carbocycles. The lowest BCUT2D eigenvalue weighted by molar-refractivity contribution is 0.612. The Hall–Kier alpha value is -1.56. The standard InChI is InChI=1S/C21H28/c1-18-12-8-10-16-20(18)14-6-4-3-5-7-15-21-17-11-9-13-19(21)2/h8-13,16-17H,3-7,14-15H2,1-2H3. The minimum atomic E-state index is 1.24. The minimum Gasteiger partial charge on any atom is -0.0620 e. The second kappa shape index (κ2) is 8.67. The van der Waals surface area contributed by atoms with Gasteiger partial charge in [-0.3, -0.25) is 0 Å². The Kier molecular flexibility index (Phi) is 6.53. The molecular formula is C21H28. The Bertz CT molecular complexity index is 490. The molecule has 0 aromatic heterocycles. The SMILES string of the molecule is Cc1ccccc1CCCCCCCc1ccccc1C. The zero-order valence-electron chi connectivity index (χ0n) is 13.6. The predicted molar refractivity (Wildman–Crippen MR) is 92.9 cm³/mol. The topological polar surface area (TPSA) is 0 Å². The fourth-order valence-electron chi connectivity index (χ4n) is 2.94. The Morgan fingerprint density at radius 3 is 1.33 bits per heavy atom. The Balaban J connectivity index is 1.57. The van der Waals surface area contributed by atoms with Gasteiger partial charge in [0.25, 0.3) is 0 Å². The monoisotopic (exact) mass is 280 g/mol. The largest absolute Gasteiger partial charge is 0.0620 e. The fraction of sp³-hybridized carbons (Fsp3) is 0.429. The maximum Gasteiger partial charge on any atom is -0.0276 e. The first kappa shape index (κ1) is 15.8. The number of unbranched alkanes of at least 4 members (excludes halogenated alkanes) is 4. The van der Waals surface area contributed by atoms with Crippen LogP contribution in [0.15, 0.2) is 48.5 Å². The van der Waals surface area contributed by atoms with Crippen LogP contribution in [-0.4, -0.2) is 0 Å². The molecule has 0 N–H and O–H groups in total. The third-order valence-corrected chi connectivity index (χ3v) is 4.41. The van der Waals surface area contributed by atoms with Gasteiger partial charge in [-0.25, -0.2) is 0 Å². The van der Waals surface area contributed by atoms with Gasteiger partial charge >= 0.3 is 0 Å². The zero-order chi connectivity index (χ0) is 14.9. The first-order chi connectivity index (χ1) is 10.3. The summed E-state index contributed by atoms with van der Waals surface area (Å²) in [6.45, 7) is 4.44. The molecule has 0 saturated carbocycles. The fourth-order valence-corrected chi connectivity index (χ4v) is 2.94. The molecule has 0 spiro atoms. The first-order valence-electron chi connectivity index (χ1n) is 8.36. The molecule has 0 fully saturated rings. The third kappa shape index (κ3) is 5.38. The van der Waals surface area contributed by atoms with Crippen LogP contribution in [0.2, 0.25) is 0 Å². The molecule has 0 bridgehead atoms. The van der Waals surface area contributed by atoms with Gasteiger partial charge in [0.05, 0.1) is 0 Å². The maximum atomic E-state index is 2.27. The summed E-state index contributed by atoms with van der Waals surface area (Å²) < 4.78 is 0. The van der Waals surface area contributed by atoms with Crippen LogP contribution in [-0.2, 0) is 12.8 Å². The van der Waals surface area contributed by atoms with E-state index in [1.165, 1.54) is 67.2 Å². The molecule has 0 heterocycles. The lowest BCUT2D eigenvalue weighted by Crippen LogP contribution is -1.91. The van der Waals surface area contributed by atoms with E-state index in [4.69, 9.17) is 0 Å². The lowest BCUT2D eigenvalue weighted by Gasteiger charge is -2.06. The van der Waals surface area contributed by atoms with Crippen LogP contribution in [0, 0.1) is 13.8 Å². The highest BCUT2D eigenvalue weighted by atomic mass is 14.0. The van der Waals surface area contributed by atoms with Crippen LogP contribution in [0.4, 0.5) is 0 Å². The van der Waals surface area contributed by atoms with E-state index in [0.717, 1.165) is 0 Å². The van der Waals surface area contributed by atoms with Crippen LogP contribution in [0.3, 0.4) is 0 Å². The average Bonchev–Trinajstić information content (AvgIpc) is 2.50. The van der Waals surface area contributed by atoms with Gasteiger partial charge in [-0.1, -0.05) is 67.8 Å². The highest BCUT2D eigenvalue weighted by Gasteiger charge is 1.99. The quantitative estimate of drug-likeness (QED) is 0.517. The van der Waals surface area contributed by atoms with Gasteiger partial charge < -0.3 is 0 Å². The van der Waals surface area contributed by atoms with Crippen LogP contribution in [0.25, 0.3) is 0 Å². The summed E-state index contributed by atoms with van der Waals surface area (Å²) in [5, 5.41) is 0. The molecule has 0 nitrogen and oxygen atoms in total. The second-order valence-electron chi connectivity index (χ2n) is 6.12. The van der Waals surface area contributed by atoms with Gasteiger partial charge in [-0.2, -0.15) is 0 Å². The van der Waals surface area contributed by atoms with Crippen LogP contribution >= 0.6 is 0 Å². The van der Waals surface area contributed by atoms with E-state index in [2.05, 4.69) is 62.4 Å². The molecule has 2 rings (SSSR count). The number of benzene rings is 2. The van der Waals surface area contributed by atoms with Crippen molar-refractivity contribution in [3.63, 3.8) is 0 Å². The summed E-state index contributed by atoms with van der Waals surface area (Å²) in [6, 6.07) is 17.6. The lowest BCUT2D eigenvalue weighted by atomic mass is 9.99. The number of rotatable bonds is 8. The Labute approximate surface area is 130 Å². The van der Waals surface area contributed by atoms with E-state index in [1.54, 1.807) is 0 Å². The van der Waals surface area contributed by atoms with E-state index in [9.17, 15) is 0 Å². The van der Waals surface area contributed by atoms with E-state index in [1.807, 2.05) is 0 Å². The summed E-state index contributed by atoms with van der Waals surface area (Å²) in [7, 11) is 0. The molecule has 2 aromatic rings. The van der Waals surface area contributed by atoms with Gasteiger partial charge in [0, 0.05) is 0 Å². The highest BCUT2D eigenvalue weighted by Crippen LogP contribution is 2.15. The molecule has 0 radical (unpaired) electrons. The Morgan fingerprint density at radius 1 is 0.524 bits per heavy atom. The second-order valence-corrected chi connectivity index (χ2v) is 6.12. The van der Waals surface area contributed by atoms with E-state index >= 15 is 0 Å². The van der Waals surface area contributed by atoms with Crippen molar-refractivity contribution in [1.29, 1.82) is 0 Å². The van der Waals surface area contributed by atoms with Crippen molar-refractivity contribution in [2.45, 2.75) is 58.8 Å². The molecule has 0 aliphatic rings. The smallest absolute Gasteiger partial charge is 0.0276 e. The third-order valence-electron chi connectivity index (χ3n) is 4.41. The molecule has 0 saturated heterocycles. The maximum absolute atomic E-state index is 2.27. The van der Waals surface area contributed by atoms with Crippen molar-refractivity contribution in [2.75, 3.05) is 0 Å². The molecule has 0 aliphatic carbocycles. The summed E-state index contributed by atoms with van der Waals surface area (Å²) in [5.74, 6) is 0. The molecule has 112 valence electrons. The van der Waals surface area contributed by atoms with Crippen molar-refractivity contribution in [3.8, 4) is 0 Å². The Morgan fingerprint density at radius 2 is 0.905 bits per heavy atom. The number of hydrogen-bond acceptors (Lipinski definition) is 0. The van der Waals surface area contributed by atoms with Crippen molar-refractivity contribution < 1.29 is 0 Å². The van der Waals surface area contributed by atoms with Gasteiger partial charge in [-0.15, -0.1) is 0 Å². The average molecular weight is 280 g/mol. The van der Waals surface area contributed by atoms with Crippen molar-refractivity contribution >= 4 is 0 Å². The molecule has 21 heavy (non-hydrogen) atoms. The van der Waals surface area contributed by atoms with Crippen molar-refractivity contribution in [2.24, 2.45) is 0 Å². The summed E-state index contributed by atoms with van der Waals surface area (Å²) in [6.07, 6.45) is 9.24. The summed E-state index contributed by atoms with van der Waals surface area (Å²) >= 11 is 0. The normalized spacial score (nSPS) is 10.8. The molecule has 0 aliphatic heterocycles. The first-order valence-corrected chi connectivity index (χ1v) is 8.36. The molecule has 0 heteroatoms. The molecule has 0 atom stereocenters. The van der Waals surface area contributed by atoms with E-state index < -0.39 is 0 Å². The van der Waals surface area contributed by atoms with E-state index in [-0.39, 0.29) is 0 Å². The molecule has 0 amide bonds. The zero-order valence-corrected chi connectivity index (χ0v) is 13.6. The summed E-state index contributed by atoms with van der Waals surface area (Å²) in [5.41, 5.74) is 5.93. The van der Waals surface area contributed by atoms with Gasteiger partial charge in [0.2, 0.25) is 0 Å². The predicted octanol–water partition coefficient (Wildman–Crippen LogP) is 6.04. The summed E-state index contributed by atoms with van der Waals surface area (Å²) in [4.78, 5) is 0. The van der Waals surface area contributed by atoms with Crippen LogP contribution in [0.1, 0.15) is 54.4 Å². The molecule has 0 unspecified atom stereocenters.